The van der Waals surface area contributed by atoms with Crippen molar-refractivity contribution in [2.75, 3.05) is 13.1 Å². The van der Waals surface area contributed by atoms with E-state index in [9.17, 15) is 4.79 Å². The Morgan fingerprint density at radius 3 is 2.86 bits per heavy atom. The highest BCUT2D eigenvalue weighted by Gasteiger charge is 2.20. The third-order valence-electron chi connectivity index (χ3n) is 3.45. The van der Waals surface area contributed by atoms with Gasteiger partial charge in [-0.3, -0.25) is 4.79 Å². The highest BCUT2D eigenvalue weighted by Crippen LogP contribution is 2.27. The van der Waals surface area contributed by atoms with E-state index in [2.05, 4.69) is 15.6 Å². The maximum Gasteiger partial charge on any atom is 0.234 e. The zero-order valence-corrected chi connectivity index (χ0v) is 11.8. The summed E-state index contributed by atoms with van der Waals surface area (Å²) in [6, 6.07) is 9.70. The second-order valence-electron chi connectivity index (χ2n) is 5.36. The second-order valence-corrected chi connectivity index (χ2v) is 5.36. The van der Waals surface area contributed by atoms with Crippen LogP contribution in [0, 0.1) is 5.92 Å². The number of nitrogens with one attached hydrogen (secondary N) is 2. The number of hydrogen-bond donors (Lipinski definition) is 2. The Bertz CT molecular complexity index is 591. The van der Waals surface area contributed by atoms with Crippen LogP contribution in [-0.2, 0) is 11.3 Å². The molecule has 1 aromatic heterocycles. The van der Waals surface area contributed by atoms with Gasteiger partial charge >= 0.3 is 0 Å². The molecule has 3 rings (SSSR count). The number of hydrogen-bond acceptors (Lipinski definition) is 4. The number of rotatable bonds is 7. The molecule has 1 aliphatic rings. The molecule has 2 aromatic rings. The van der Waals surface area contributed by atoms with Crippen molar-refractivity contribution in [1.29, 1.82) is 0 Å². The van der Waals surface area contributed by atoms with Crippen LogP contribution in [0.15, 0.2) is 41.0 Å². The van der Waals surface area contributed by atoms with Gasteiger partial charge in [0, 0.05) is 5.56 Å². The normalized spacial score (nSPS) is 14.1. The maximum absolute atomic E-state index is 11.7. The van der Waals surface area contributed by atoms with E-state index in [1.54, 1.807) is 6.26 Å². The van der Waals surface area contributed by atoms with Crippen molar-refractivity contribution < 1.29 is 9.21 Å². The van der Waals surface area contributed by atoms with E-state index in [4.69, 9.17) is 4.42 Å². The largest absolute Gasteiger partial charge is 0.444 e. The van der Waals surface area contributed by atoms with Crippen LogP contribution in [0.25, 0.3) is 11.5 Å². The summed E-state index contributed by atoms with van der Waals surface area (Å²) >= 11 is 0. The Morgan fingerprint density at radius 1 is 1.29 bits per heavy atom. The zero-order valence-electron chi connectivity index (χ0n) is 11.8. The monoisotopic (exact) mass is 285 g/mol. The molecule has 0 atom stereocenters. The van der Waals surface area contributed by atoms with E-state index in [1.165, 1.54) is 12.8 Å². The topological polar surface area (TPSA) is 67.2 Å². The van der Waals surface area contributed by atoms with Gasteiger partial charge in [0.25, 0.3) is 0 Å². The molecule has 2 N–H and O–H groups in total. The summed E-state index contributed by atoms with van der Waals surface area (Å²) in [6.07, 6.45) is 4.16. The van der Waals surface area contributed by atoms with E-state index in [-0.39, 0.29) is 5.91 Å². The second kappa shape index (κ2) is 6.54. The lowest BCUT2D eigenvalue weighted by Crippen LogP contribution is -2.34. The van der Waals surface area contributed by atoms with Gasteiger partial charge < -0.3 is 15.1 Å². The highest BCUT2D eigenvalue weighted by atomic mass is 16.3. The summed E-state index contributed by atoms with van der Waals surface area (Å²) in [4.78, 5) is 16.0. The number of nitrogens with zero attached hydrogens (tertiary/aromatic N) is 1. The molecule has 0 radical (unpaired) electrons. The SMILES string of the molecule is O=C(CNCC1CC1)NCc1coc(-c2ccccc2)n1. The van der Waals surface area contributed by atoms with Gasteiger partial charge in [-0.2, -0.15) is 0 Å². The van der Waals surface area contributed by atoms with Crippen molar-refractivity contribution in [1.82, 2.24) is 15.6 Å². The smallest absolute Gasteiger partial charge is 0.234 e. The lowest BCUT2D eigenvalue weighted by Gasteiger charge is -2.04. The Kier molecular flexibility index (Phi) is 4.31. The molecule has 5 nitrogen and oxygen atoms in total. The molecule has 0 aliphatic heterocycles. The molecule has 1 aliphatic carbocycles. The van der Waals surface area contributed by atoms with Gasteiger partial charge in [-0.25, -0.2) is 4.98 Å². The Balaban J connectivity index is 1.44. The quantitative estimate of drug-likeness (QED) is 0.816. The number of benzene rings is 1. The average Bonchev–Trinajstić information content (AvgIpc) is 3.21. The Labute approximate surface area is 123 Å². The molecule has 1 fully saturated rings. The zero-order chi connectivity index (χ0) is 14.5. The summed E-state index contributed by atoms with van der Waals surface area (Å²) in [5.74, 6) is 1.34. The third kappa shape index (κ3) is 4.16. The van der Waals surface area contributed by atoms with Gasteiger partial charge in [-0.1, -0.05) is 18.2 Å². The van der Waals surface area contributed by atoms with Crippen molar-refractivity contribution in [2.45, 2.75) is 19.4 Å². The summed E-state index contributed by atoms with van der Waals surface area (Å²) in [6.45, 7) is 1.69. The molecule has 1 aromatic carbocycles. The first-order valence-corrected chi connectivity index (χ1v) is 7.28. The number of amides is 1. The Hall–Kier alpha value is -2.14. The average molecular weight is 285 g/mol. The highest BCUT2D eigenvalue weighted by molar-refractivity contribution is 5.77. The van der Waals surface area contributed by atoms with Crippen molar-refractivity contribution in [2.24, 2.45) is 5.92 Å². The molecule has 0 bridgehead atoms. The molecule has 1 amide bonds. The van der Waals surface area contributed by atoms with Gasteiger partial charge in [-0.05, 0) is 37.4 Å². The molecule has 1 heterocycles. The molecule has 0 saturated heterocycles. The number of carbonyl (C=O) groups excluding carboxylic acids is 1. The first-order valence-electron chi connectivity index (χ1n) is 7.28. The predicted octanol–water partition coefficient (Wildman–Crippen LogP) is 1.96. The number of carbonyl (C=O) groups is 1. The number of aromatic nitrogens is 1. The van der Waals surface area contributed by atoms with Crippen molar-refractivity contribution in [3.05, 3.63) is 42.3 Å². The van der Waals surface area contributed by atoms with Gasteiger partial charge in [0.05, 0.1) is 18.8 Å². The van der Waals surface area contributed by atoms with Crippen molar-refractivity contribution in [3.8, 4) is 11.5 Å². The first kappa shape index (κ1) is 13.8. The van der Waals surface area contributed by atoms with Crippen LogP contribution in [-0.4, -0.2) is 24.0 Å². The minimum Gasteiger partial charge on any atom is -0.444 e. The van der Waals surface area contributed by atoms with Crippen LogP contribution in [0.1, 0.15) is 18.5 Å². The fourth-order valence-corrected chi connectivity index (χ4v) is 2.06. The van der Waals surface area contributed by atoms with E-state index in [0.717, 1.165) is 23.7 Å². The Morgan fingerprint density at radius 2 is 2.10 bits per heavy atom. The van der Waals surface area contributed by atoms with Crippen LogP contribution in [0.5, 0.6) is 0 Å². The lowest BCUT2D eigenvalue weighted by atomic mass is 10.2. The third-order valence-corrected chi connectivity index (χ3v) is 3.45. The molecule has 110 valence electrons. The van der Waals surface area contributed by atoms with Gasteiger partial charge in [0.15, 0.2) is 0 Å². The lowest BCUT2D eigenvalue weighted by molar-refractivity contribution is -0.120. The maximum atomic E-state index is 11.7. The first-order chi connectivity index (χ1) is 10.3. The van der Waals surface area contributed by atoms with Crippen LogP contribution in [0.4, 0.5) is 0 Å². The van der Waals surface area contributed by atoms with Crippen LogP contribution < -0.4 is 10.6 Å². The predicted molar refractivity (Wildman–Crippen MR) is 79.4 cm³/mol. The van der Waals surface area contributed by atoms with Crippen molar-refractivity contribution >= 4 is 5.91 Å². The minimum absolute atomic E-state index is 0.0140. The molecule has 5 heteroatoms. The van der Waals surface area contributed by atoms with E-state index in [0.29, 0.717) is 19.0 Å². The van der Waals surface area contributed by atoms with Gasteiger partial charge in [0.2, 0.25) is 11.8 Å². The van der Waals surface area contributed by atoms with E-state index in [1.807, 2.05) is 30.3 Å². The minimum atomic E-state index is -0.0140. The summed E-state index contributed by atoms with van der Waals surface area (Å²) < 4.78 is 5.43. The van der Waals surface area contributed by atoms with Crippen LogP contribution in [0.3, 0.4) is 0 Å². The molecular weight excluding hydrogens is 266 g/mol. The van der Waals surface area contributed by atoms with Gasteiger partial charge in [0.1, 0.15) is 6.26 Å². The van der Waals surface area contributed by atoms with Crippen LogP contribution >= 0.6 is 0 Å². The molecule has 21 heavy (non-hydrogen) atoms. The summed E-state index contributed by atoms with van der Waals surface area (Å²) in [5, 5.41) is 5.99. The fraction of sp³-hybridized carbons (Fsp3) is 0.375. The number of oxazole rings is 1. The molecule has 0 spiro atoms. The van der Waals surface area contributed by atoms with Gasteiger partial charge in [-0.15, -0.1) is 0 Å². The summed E-state index contributed by atoms with van der Waals surface area (Å²) in [5.41, 5.74) is 1.66. The van der Waals surface area contributed by atoms with E-state index < -0.39 is 0 Å². The molecule has 1 saturated carbocycles. The van der Waals surface area contributed by atoms with Crippen LogP contribution in [0.2, 0.25) is 0 Å². The molecular formula is C16H19N3O2. The van der Waals surface area contributed by atoms with Crippen molar-refractivity contribution in [3.63, 3.8) is 0 Å². The molecule has 0 unspecified atom stereocenters. The fourth-order valence-electron chi connectivity index (χ4n) is 2.06. The summed E-state index contributed by atoms with van der Waals surface area (Å²) in [7, 11) is 0. The van der Waals surface area contributed by atoms with E-state index >= 15 is 0 Å². The standard InChI is InChI=1S/C16H19N3O2/c20-15(10-17-8-12-6-7-12)18-9-14-11-21-16(19-14)13-4-2-1-3-5-13/h1-5,11-12,17H,6-10H2,(H,18,20).